The van der Waals surface area contributed by atoms with E-state index in [1.54, 1.807) is 0 Å². The molecule has 0 unspecified atom stereocenters. The van der Waals surface area contributed by atoms with Crippen molar-refractivity contribution in [2.75, 3.05) is 0 Å². The molecular formula is C15H16N2OS. The molecule has 1 aliphatic heterocycles. The molecule has 1 saturated heterocycles. The maximum atomic E-state index is 5.43. The van der Waals surface area contributed by atoms with Gasteiger partial charge in [0.25, 0.3) is 5.18 Å². The van der Waals surface area contributed by atoms with Crippen LogP contribution in [0.3, 0.4) is 0 Å². The van der Waals surface area contributed by atoms with Gasteiger partial charge < -0.3 is 0 Å². The third kappa shape index (κ3) is 3.58. The lowest BCUT2D eigenvalue weighted by atomic mass is 10.2. The zero-order chi connectivity index (χ0) is 13.0. The van der Waals surface area contributed by atoms with Gasteiger partial charge >= 0.3 is 0 Å². The fourth-order valence-corrected chi connectivity index (χ4v) is 2.31. The molecule has 98 valence electrons. The SMILES string of the molecule is c1ccc(CNC2(NCc3ccccc3)OS2)cc1. The van der Waals surface area contributed by atoms with Crippen LogP contribution in [-0.2, 0) is 17.3 Å². The maximum Gasteiger partial charge on any atom is 0.263 e. The van der Waals surface area contributed by atoms with E-state index >= 15 is 0 Å². The van der Waals surface area contributed by atoms with E-state index in [0.717, 1.165) is 13.1 Å². The Labute approximate surface area is 117 Å². The first-order valence-corrected chi connectivity index (χ1v) is 7.05. The first-order valence-electron chi connectivity index (χ1n) is 6.31. The van der Waals surface area contributed by atoms with Crippen LogP contribution in [0, 0.1) is 0 Å². The maximum absolute atomic E-state index is 5.43. The van der Waals surface area contributed by atoms with Crippen LogP contribution in [-0.4, -0.2) is 5.18 Å². The Morgan fingerprint density at radius 3 is 1.58 bits per heavy atom. The monoisotopic (exact) mass is 272 g/mol. The van der Waals surface area contributed by atoms with Crippen molar-refractivity contribution in [2.45, 2.75) is 18.3 Å². The van der Waals surface area contributed by atoms with E-state index in [-0.39, 0.29) is 0 Å². The van der Waals surface area contributed by atoms with E-state index in [2.05, 4.69) is 34.9 Å². The standard InChI is InChI=1S/C15H16N2OS/c1-3-7-13(8-4-1)11-16-15(18-19-15)17-12-14-9-5-2-6-10-14/h1-10,16-17H,11-12H2. The number of hydrogen-bond acceptors (Lipinski definition) is 4. The fraction of sp³-hybridized carbons (Fsp3) is 0.200. The first kappa shape index (κ1) is 12.7. The van der Waals surface area contributed by atoms with Gasteiger partial charge in [-0.15, -0.1) is 0 Å². The lowest BCUT2D eigenvalue weighted by molar-refractivity contribution is 0.208. The van der Waals surface area contributed by atoms with E-state index in [4.69, 9.17) is 4.18 Å². The zero-order valence-electron chi connectivity index (χ0n) is 10.5. The second kappa shape index (κ2) is 5.75. The molecule has 2 N–H and O–H groups in total. The molecule has 3 rings (SSSR count). The van der Waals surface area contributed by atoms with E-state index in [1.165, 1.54) is 23.2 Å². The first-order chi connectivity index (χ1) is 9.36. The molecule has 0 aromatic heterocycles. The van der Waals surface area contributed by atoms with Crippen molar-refractivity contribution in [3.63, 3.8) is 0 Å². The molecule has 0 atom stereocenters. The van der Waals surface area contributed by atoms with Crippen molar-refractivity contribution in [3.05, 3.63) is 71.8 Å². The molecule has 0 aliphatic carbocycles. The molecule has 2 aromatic carbocycles. The van der Waals surface area contributed by atoms with Gasteiger partial charge in [0.2, 0.25) is 0 Å². The van der Waals surface area contributed by atoms with Crippen LogP contribution in [0.15, 0.2) is 60.7 Å². The number of benzene rings is 2. The van der Waals surface area contributed by atoms with Gasteiger partial charge in [0.1, 0.15) is 0 Å². The van der Waals surface area contributed by atoms with Gasteiger partial charge in [0, 0.05) is 13.1 Å². The average Bonchev–Trinajstić information content (AvgIpc) is 3.26. The summed E-state index contributed by atoms with van der Waals surface area (Å²) in [4.78, 5) is 0. The molecule has 0 bridgehead atoms. The summed E-state index contributed by atoms with van der Waals surface area (Å²) in [5.41, 5.74) is 2.50. The van der Waals surface area contributed by atoms with Crippen molar-refractivity contribution in [1.82, 2.24) is 10.6 Å². The Bertz CT molecular complexity index is 469. The molecule has 1 fully saturated rings. The third-order valence-corrected chi connectivity index (χ3v) is 3.77. The molecule has 0 spiro atoms. The van der Waals surface area contributed by atoms with Crippen LogP contribution in [0.2, 0.25) is 0 Å². The van der Waals surface area contributed by atoms with Crippen molar-refractivity contribution in [3.8, 4) is 0 Å². The smallest absolute Gasteiger partial charge is 0.261 e. The summed E-state index contributed by atoms with van der Waals surface area (Å²) in [6.45, 7) is 1.57. The molecule has 2 aromatic rings. The lowest BCUT2D eigenvalue weighted by Gasteiger charge is -2.14. The summed E-state index contributed by atoms with van der Waals surface area (Å²) in [5, 5.41) is 6.35. The molecule has 1 aliphatic rings. The van der Waals surface area contributed by atoms with Crippen molar-refractivity contribution < 1.29 is 4.18 Å². The Hall–Kier alpha value is -1.33. The highest BCUT2D eigenvalue weighted by atomic mass is 32.2. The van der Waals surface area contributed by atoms with Crippen molar-refractivity contribution in [2.24, 2.45) is 0 Å². The second-order valence-corrected chi connectivity index (χ2v) is 5.37. The van der Waals surface area contributed by atoms with Gasteiger partial charge in [-0.3, -0.25) is 14.8 Å². The molecule has 1 heterocycles. The van der Waals surface area contributed by atoms with Crippen molar-refractivity contribution >= 4 is 12.0 Å². The van der Waals surface area contributed by atoms with Gasteiger partial charge in [-0.2, -0.15) is 0 Å². The second-order valence-electron chi connectivity index (χ2n) is 4.46. The van der Waals surface area contributed by atoms with Crippen LogP contribution >= 0.6 is 12.0 Å². The Balaban J connectivity index is 1.50. The van der Waals surface area contributed by atoms with Gasteiger partial charge in [0.15, 0.2) is 0 Å². The van der Waals surface area contributed by atoms with Gasteiger partial charge in [0.05, 0.1) is 12.0 Å². The summed E-state index contributed by atoms with van der Waals surface area (Å²) in [5.74, 6) is 0. The Morgan fingerprint density at radius 1 is 0.789 bits per heavy atom. The molecule has 19 heavy (non-hydrogen) atoms. The molecule has 0 radical (unpaired) electrons. The number of rotatable bonds is 6. The van der Waals surface area contributed by atoms with Crippen LogP contribution in [0.4, 0.5) is 0 Å². The zero-order valence-corrected chi connectivity index (χ0v) is 11.3. The highest BCUT2D eigenvalue weighted by Crippen LogP contribution is 2.42. The molecule has 4 heteroatoms. The van der Waals surface area contributed by atoms with E-state index < -0.39 is 5.18 Å². The predicted molar refractivity (Wildman–Crippen MR) is 78.0 cm³/mol. The summed E-state index contributed by atoms with van der Waals surface area (Å²) >= 11 is 1.43. The topological polar surface area (TPSA) is 36.6 Å². The minimum atomic E-state index is -0.425. The summed E-state index contributed by atoms with van der Waals surface area (Å²) in [6.07, 6.45) is 0. The summed E-state index contributed by atoms with van der Waals surface area (Å²) < 4.78 is 5.43. The van der Waals surface area contributed by atoms with Gasteiger partial charge in [-0.05, 0) is 11.1 Å². The van der Waals surface area contributed by atoms with Gasteiger partial charge in [-0.1, -0.05) is 60.7 Å². The predicted octanol–water partition coefficient (Wildman–Crippen LogP) is 2.86. The third-order valence-electron chi connectivity index (χ3n) is 2.99. The molecule has 0 amide bonds. The molecule has 0 saturated carbocycles. The highest BCUT2D eigenvalue weighted by molar-refractivity contribution is 8.01. The fourth-order valence-electron chi connectivity index (χ4n) is 1.85. The molecule has 3 nitrogen and oxygen atoms in total. The van der Waals surface area contributed by atoms with E-state index in [1.807, 2.05) is 36.4 Å². The summed E-state index contributed by atoms with van der Waals surface area (Å²) in [7, 11) is 0. The quantitative estimate of drug-likeness (QED) is 0.482. The minimum Gasteiger partial charge on any atom is -0.261 e. The number of nitrogens with one attached hydrogen (secondary N) is 2. The van der Waals surface area contributed by atoms with Crippen LogP contribution in [0.5, 0.6) is 0 Å². The van der Waals surface area contributed by atoms with E-state index in [0.29, 0.717) is 0 Å². The number of hydrogen-bond donors (Lipinski definition) is 2. The lowest BCUT2D eigenvalue weighted by Crippen LogP contribution is -2.43. The Morgan fingerprint density at radius 2 is 1.21 bits per heavy atom. The highest BCUT2D eigenvalue weighted by Gasteiger charge is 2.47. The largest absolute Gasteiger partial charge is 0.263 e. The summed E-state index contributed by atoms with van der Waals surface area (Å²) in [6, 6.07) is 20.6. The van der Waals surface area contributed by atoms with Crippen LogP contribution in [0.25, 0.3) is 0 Å². The average molecular weight is 272 g/mol. The van der Waals surface area contributed by atoms with Crippen LogP contribution < -0.4 is 10.6 Å². The molecular weight excluding hydrogens is 256 g/mol. The van der Waals surface area contributed by atoms with E-state index in [9.17, 15) is 0 Å². The van der Waals surface area contributed by atoms with Gasteiger partial charge in [-0.25, -0.2) is 0 Å². The minimum absolute atomic E-state index is 0.425. The normalized spacial score (nSPS) is 16.2. The van der Waals surface area contributed by atoms with Crippen molar-refractivity contribution in [1.29, 1.82) is 0 Å². The Kier molecular flexibility index (Phi) is 3.84. The van der Waals surface area contributed by atoms with Crippen LogP contribution in [0.1, 0.15) is 11.1 Å².